The van der Waals surface area contributed by atoms with Crippen molar-refractivity contribution in [2.24, 2.45) is 0 Å². The normalized spacial score (nSPS) is 14.7. The molecule has 0 unspecified atom stereocenters. The van der Waals surface area contributed by atoms with E-state index in [0.717, 1.165) is 11.9 Å². The Balaban J connectivity index is 1.42. The molecule has 34 heavy (non-hydrogen) atoms. The molecular formula is C23H24F2N8O. The van der Waals surface area contributed by atoms with Gasteiger partial charge in [0.25, 0.3) is 0 Å². The number of anilines is 2. The number of aliphatic hydroxyl groups excluding tert-OH is 1. The second kappa shape index (κ2) is 8.65. The van der Waals surface area contributed by atoms with Crippen molar-refractivity contribution in [3.8, 4) is 11.3 Å². The number of imidazole rings is 1. The van der Waals surface area contributed by atoms with Crippen LogP contribution in [0.1, 0.15) is 31.4 Å². The maximum atomic E-state index is 14.9. The monoisotopic (exact) mass is 466 g/mol. The summed E-state index contributed by atoms with van der Waals surface area (Å²) in [5, 5.41) is 12.3. The van der Waals surface area contributed by atoms with Crippen LogP contribution in [-0.4, -0.2) is 58.7 Å². The van der Waals surface area contributed by atoms with Gasteiger partial charge in [-0.2, -0.15) is 0 Å². The van der Waals surface area contributed by atoms with Gasteiger partial charge in [0.1, 0.15) is 17.0 Å². The molecule has 0 amide bonds. The van der Waals surface area contributed by atoms with Gasteiger partial charge in [0.15, 0.2) is 17.5 Å². The van der Waals surface area contributed by atoms with E-state index in [4.69, 9.17) is 0 Å². The van der Waals surface area contributed by atoms with Gasteiger partial charge in [-0.1, -0.05) is 0 Å². The molecule has 0 bridgehead atoms. The van der Waals surface area contributed by atoms with Gasteiger partial charge in [-0.15, -0.1) is 0 Å². The Hall–Kier alpha value is -3.57. The number of likely N-dealkylation sites (tertiary alicyclic amines) is 1. The van der Waals surface area contributed by atoms with E-state index in [1.807, 2.05) is 25.3 Å². The van der Waals surface area contributed by atoms with Crippen LogP contribution in [0.5, 0.6) is 0 Å². The lowest BCUT2D eigenvalue weighted by atomic mass is 10.1. The number of nitrogens with zero attached hydrogens (tertiary/aromatic N) is 7. The lowest BCUT2D eigenvalue weighted by molar-refractivity contribution is -0.00359. The number of β-amino-alcohol motifs (C(OH)–C–C–N with tert-alkyl or cyclic N) is 1. The molecule has 11 heteroatoms. The van der Waals surface area contributed by atoms with E-state index in [1.165, 1.54) is 12.3 Å². The summed E-state index contributed by atoms with van der Waals surface area (Å²) in [5.41, 5.74) is 1.83. The number of rotatable bonds is 6. The number of aliphatic hydroxyl groups is 1. The molecule has 1 fully saturated rings. The zero-order valence-corrected chi connectivity index (χ0v) is 19.0. The summed E-state index contributed by atoms with van der Waals surface area (Å²) < 4.78 is 31.4. The number of benzene rings is 1. The molecule has 4 aromatic rings. The average molecular weight is 466 g/mol. The summed E-state index contributed by atoms with van der Waals surface area (Å²) in [7, 11) is 0. The molecule has 0 atom stereocenters. The van der Waals surface area contributed by atoms with E-state index < -0.39 is 11.6 Å². The zero-order valence-electron chi connectivity index (χ0n) is 19.0. The predicted octanol–water partition coefficient (Wildman–Crippen LogP) is 3.37. The van der Waals surface area contributed by atoms with Gasteiger partial charge in [-0.05, 0) is 32.9 Å². The standard InChI is InChI=1S/C23H24F2N8O/c1-12(2)33-13(3)29-22-17(24)4-14(5-19(22)33)21-18(25)7-28-23(31-21)30-20-8-26-15(6-27-20)9-32-10-16(34)11-32/h4-8,12,16,34H,9-11H2,1-3H3,(H,27,28,30,31). The number of nitrogens with one attached hydrogen (secondary N) is 1. The Morgan fingerprint density at radius 2 is 1.85 bits per heavy atom. The van der Waals surface area contributed by atoms with Crippen LogP contribution >= 0.6 is 0 Å². The summed E-state index contributed by atoms with van der Waals surface area (Å²) in [6.07, 6.45) is 3.92. The first kappa shape index (κ1) is 22.2. The Morgan fingerprint density at radius 3 is 2.53 bits per heavy atom. The van der Waals surface area contributed by atoms with Crippen molar-refractivity contribution in [3.63, 3.8) is 0 Å². The highest BCUT2D eigenvalue weighted by atomic mass is 19.1. The van der Waals surface area contributed by atoms with Crippen LogP contribution in [0, 0.1) is 18.6 Å². The van der Waals surface area contributed by atoms with Gasteiger partial charge in [-0.3, -0.25) is 9.88 Å². The van der Waals surface area contributed by atoms with Gasteiger partial charge < -0.3 is 15.0 Å². The molecule has 0 aliphatic carbocycles. The Labute approximate surface area is 194 Å². The Morgan fingerprint density at radius 1 is 1.06 bits per heavy atom. The quantitative estimate of drug-likeness (QED) is 0.446. The van der Waals surface area contributed by atoms with E-state index in [1.54, 1.807) is 12.3 Å². The molecule has 4 heterocycles. The van der Waals surface area contributed by atoms with Crippen molar-refractivity contribution in [2.45, 2.75) is 39.5 Å². The third-order valence-corrected chi connectivity index (χ3v) is 5.73. The number of fused-ring (bicyclic) bond motifs is 1. The minimum atomic E-state index is -0.671. The SMILES string of the molecule is Cc1nc2c(F)cc(-c3nc(Nc4cnc(CN5CC(O)C5)cn4)ncc3F)cc2n1C(C)C. The minimum absolute atomic E-state index is 0.0339. The fraction of sp³-hybridized carbons (Fsp3) is 0.348. The van der Waals surface area contributed by atoms with Gasteiger partial charge in [0.2, 0.25) is 5.95 Å². The molecule has 9 nitrogen and oxygen atoms in total. The van der Waals surface area contributed by atoms with Crippen molar-refractivity contribution < 1.29 is 13.9 Å². The van der Waals surface area contributed by atoms with Crippen molar-refractivity contribution in [1.29, 1.82) is 0 Å². The Bertz CT molecular complexity index is 1350. The Kier molecular flexibility index (Phi) is 5.66. The van der Waals surface area contributed by atoms with Gasteiger partial charge in [-0.25, -0.2) is 28.7 Å². The van der Waals surface area contributed by atoms with Crippen LogP contribution in [0.3, 0.4) is 0 Å². The molecule has 176 valence electrons. The third-order valence-electron chi connectivity index (χ3n) is 5.73. The molecule has 1 aliphatic heterocycles. The lowest BCUT2D eigenvalue weighted by Gasteiger charge is -2.35. The largest absolute Gasteiger partial charge is 0.390 e. The van der Waals surface area contributed by atoms with E-state index in [-0.39, 0.29) is 34.9 Å². The van der Waals surface area contributed by atoms with Gasteiger partial charge in [0.05, 0.1) is 35.9 Å². The number of hydrogen-bond donors (Lipinski definition) is 2. The number of halogens is 2. The van der Waals surface area contributed by atoms with Crippen molar-refractivity contribution in [2.75, 3.05) is 18.4 Å². The first-order valence-electron chi connectivity index (χ1n) is 11.0. The fourth-order valence-electron chi connectivity index (χ4n) is 4.20. The molecule has 1 aromatic carbocycles. The molecular weight excluding hydrogens is 442 g/mol. The maximum Gasteiger partial charge on any atom is 0.229 e. The second-order valence-corrected chi connectivity index (χ2v) is 8.70. The number of aromatic nitrogens is 6. The van der Waals surface area contributed by atoms with Gasteiger partial charge in [0, 0.05) is 31.2 Å². The van der Waals surface area contributed by atoms with Crippen molar-refractivity contribution >= 4 is 22.8 Å². The first-order valence-corrected chi connectivity index (χ1v) is 11.0. The summed E-state index contributed by atoms with van der Waals surface area (Å²) >= 11 is 0. The highest BCUT2D eigenvalue weighted by Crippen LogP contribution is 2.30. The molecule has 1 saturated heterocycles. The smallest absolute Gasteiger partial charge is 0.229 e. The minimum Gasteiger partial charge on any atom is -0.390 e. The highest BCUT2D eigenvalue weighted by Gasteiger charge is 2.24. The summed E-state index contributed by atoms with van der Waals surface area (Å²) in [5.74, 6) is -0.0363. The number of hydrogen-bond acceptors (Lipinski definition) is 8. The summed E-state index contributed by atoms with van der Waals surface area (Å²) in [4.78, 5) is 23.3. The third kappa shape index (κ3) is 4.19. The van der Waals surface area contributed by atoms with E-state index in [0.29, 0.717) is 36.8 Å². The van der Waals surface area contributed by atoms with Crippen LogP contribution in [0.2, 0.25) is 0 Å². The van der Waals surface area contributed by atoms with E-state index in [9.17, 15) is 13.9 Å². The lowest BCUT2D eigenvalue weighted by Crippen LogP contribution is -2.49. The van der Waals surface area contributed by atoms with Crippen LogP contribution < -0.4 is 5.32 Å². The maximum absolute atomic E-state index is 14.9. The van der Waals surface area contributed by atoms with Crippen molar-refractivity contribution in [1.82, 2.24) is 34.4 Å². The zero-order chi connectivity index (χ0) is 24.0. The van der Waals surface area contributed by atoms with E-state index >= 15 is 0 Å². The molecule has 1 aliphatic rings. The average Bonchev–Trinajstić information content (AvgIpc) is 3.12. The second-order valence-electron chi connectivity index (χ2n) is 8.70. The molecule has 2 N–H and O–H groups in total. The number of aryl methyl sites for hydroxylation is 1. The van der Waals surface area contributed by atoms with E-state index in [2.05, 4.69) is 35.1 Å². The van der Waals surface area contributed by atoms with Crippen molar-refractivity contribution in [3.05, 3.63) is 53.9 Å². The fourth-order valence-corrected chi connectivity index (χ4v) is 4.20. The molecule has 0 spiro atoms. The molecule has 0 saturated carbocycles. The predicted molar refractivity (Wildman–Crippen MR) is 122 cm³/mol. The van der Waals surface area contributed by atoms with Crippen LogP contribution in [0.25, 0.3) is 22.3 Å². The van der Waals surface area contributed by atoms with Crippen LogP contribution in [0.15, 0.2) is 30.7 Å². The first-order chi connectivity index (χ1) is 16.3. The van der Waals surface area contributed by atoms with Crippen LogP contribution in [-0.2, 0) is 6.54 Å². The topological polar surface area (TPSA) is 105 Å². The molecule has 3 aromatic heterocycles. The highest BCUT2D eigenvalue weighted by molar-refractivity contribution is 5.83. The van der Waals surface area contributed by atoms with Gasteiger partial charge >= 0.3 is 0 Å². The van der Waals surface area contributed by atoms with Crippen LogP contribution in [0.4, 0.5) is 20.5 Å². The summed E-state index contributed by atoms with van der Waals surface area (Å²) in [6, 6.07) is 2.98. The molecule has 5 rings (SSSR count). The summed E-state index contributed by atoms with van der Waals surface area (Å²) in [6.45, 7) is 7.61. The molecule has 0 radical (unpaired) electrons.